The Morgan fingerprint density at radius 2 is 2.37 bits per heavy atom. The van der Waals surface area contributed by atoms with Crippen LogP contribution < -0.4 is 11.1 Å². The van der Waals surface area contributed by atoms with Gasteiger partial charge in [-0.15, -0.1) is 0 Å². The number of nitrogens with two attached hydrogens (primary N) is 1. The van der Waals surface area contributed by atoms with E-state index in [1.807, 2.05) is 6.20 Å². The van der Waals surface area contributed by atoms with Crippen molar-refractivity contribution in [2.45, 2.75) is 6.54 Å². The molecule has 3 N–H and O–H groups in total. The maximum absolute atomic E-state index is 11.0. The molecule has 1 amide bonds. The van der Waals surface area contributed by atoms with Gasteiger partial charge in [-0.3, -0.25) is 14.5 Å². The van der Waals surface area contributed by atoms with Gasteiger partial charge < -0.3 is 15.8 Å². The van der Waals surface area contributed by atoms with E-state index in [2.05, 4.69) is 15.4 Å². The maximum Gasteiger partial charge on any atom is 0.267 e. The Kier molecular flexibility index (Phi) is 4.09. The van der Waals surface area contributed by atoms with E-state index in [4.69, 9.17) is 10.5 Å². The number of primary amides is 1. The van der Waals surface area contributed by atoms with Crippen LogP contribution in [0.25, 0.3) is 0 Å². The average Bonchev–Trinajstić information content (AvgIpc) is 2.84. The number of hydrogen-bond acceptors (Lipinski definition) is 5. The van der Waals surface area contributed by atoms with Crippen LogP contribution in [0.2, 0.25) is 0 Å². The molecule has 0 aliphatic heterocycles. The fourth-order valence-corrected chi connectivity index (χ4v) is 1.54. The molecule has 0 unspecified atom stereocenters. The van der Waals surface area contributed by atoms with Crippen LogP contribution in [0.1, 0.15) is 10.5 Å². The zero-order valence-corrected chi connectivity index (χ0v) is 10.5. The van der Waals surface area contributed by atoms with Crippen LogP contribution >= 0.6 is 0 Å². The Hall–Kier alpha value is -2.41. The zero-order chi connectivity index (χ0) is 13.7. The van der Waals surface area contributed by atoms with E-state index in [0.717, 1.165) is 11.4 Å². The van der Waals surface area contributed by atoms with Crippen molar-refractivity contribution in [1.82, 2.24) is 14.8 Å². The molecular weight excluding hydrogens is 246 g/mol. The Bertz CT molecular complexity index is 567. The summed E-state index contributed by atoms with van der Waals surface area (Å²) in [4.78, 5) is 14.9. The number of rotatable bonds is 6. The molecule has 2 aromatic rings. The molecule has 0 fully saturated rings. The maximum atomic E-state index is 11.0. The van der Waals surface area contributed by atoms with E-state index in [1.54, 1.807) is 30.1 Å². The molecular formula is C12H15N5O2. The lowest BCUT2D eigenvalue weighted by Gasteiger charge is -2.04. The largest absolute Gasteiger partial charge is 0.383 e. The lowest BCUT2D eigenvalue weighted by Crippen LogP contribution is -2.12. The van der Waals surface area contributed by atoms with Crippen LogP contribution in [0.5, 0.6) is 0 Å². The molecule has 0 spiro atoms. The second-order valence-corrected chi connectivity index (χ2v) is 3.90. The van der Waals surface area contributed by atoms with Crippen molar-refractivity contribution < 1.29 is 9.53 Å². The predicted molar refractivity (Wildman–Crippen MR) is 70.1 cm³/mol. The minimum absolute atomic E-state index is 0.219. The molecule has 0 radical (unpaired) electrons. The molecule has 0 aliphatic carbocycles. The van der Waals surface area contributed by atoms with Crippen molar-refractivity contribution in [2.75, 3.05) is 19.0 Å². The van der Waals surface area contributed by atoms with Gasteiger partial charge in [-0.05, 0) is 12.1 Å². The number of hydrogen-bond donors (Lipinski definition) is 2. The Morgan fingerprint density at radius 3 is 3.11 bits per heavy atom. The van der Waals surface area contributed by atoms with Gasteiger partial charge in [0.2, 0.25) is 0 Å². The molecule has 2 aromatic heterocycles. The summed E-state index contributed by atoms with van der Waals surface area (Å²) in [7, 11) is 1.64. The molecule has 0 saturated heterocycles. The Labute approximate surface area is 110 Å². The fraction of sp³-hybridized carbons (Fsp3) is 0.250. The van der Waals surface area contributed by atoms with Crippen LogP contribution in [0.4, 0.5) is 11.4 Å². The summed E-state index contributed by atoms with van der Waals surface area (Å²) in [6, 6.07) is 3.34. The monoisotopic (exact) mass is 261 g/mol. The summed E-state index contributed by atoms with van der Waals surface area (Å²) in [6.45, 7) is 1.28. The molecule has 0 bridgehead atoms. The highest BCUT2D eigenvalue weighted by Gasteiger charge is 2.04. The van der Waals surface area contributed by atoms with Gasteiger partial charge in [0.15, 0.2) is 0 Å². The predicted octanol–water partition coefficient (Wildman–Crippen LogP) is 0.767. The summed E-state index contributed by atoms with van der Waals surface area (Å²) >= 11 is 0. The van der Waals surface area contributed by atoms with E-state index >= 15 is 0 Å². The summed E-state index contributed by atoms with van der Waals surface area (Å²) < 4.78 is 6.74. The van der Waals surface area contributed by atoms with Crippen molar-refractivity contribution >= 4 is 17.3 Å². The molecule has 19 heavy (non-hydrogen) atoms. The van der Waals surface area contributed by atoms with E-state index < -0.39 is 5.91 Å². The van der Waals surface area contributed by atoms with Gasteiger partial charge in [-0.25, -0.2) is 0 Å². The normalized spacial score (nSPS) is 10.4. The van der Waals surface area contributed by atoms with Crippen molar-refractivity contribution in [3.63, 3.8) is 0 Å². The second-order valence-electron chi connectivity index (χ2n) is 3.90. The standard InChI is InChI=1S/C12H15N5O2/c1-19-5-4-17-8-10(7-15-17)16-9-2-3-14-11(6-9)12(13)18/h2-3,6-8H,4-5H2,1H3,(H2,13,18)(H,14,16). The van der Waals surface area contributed by atoms with Gasteiger partial charge in [-0.2, -0.15) is 5.10 Å². The smallest absolute Gasteiger partial charge is 0.267 e. The number of nitrogens with one attached hydrogen (secondary N) is 1. The number of nitrogens with zero attached hydrogens (tertiary/aromatic N) is 3. The quantitative estimate of drug-likeness (QED) is 0.800. The Balaban J connectivity index is 2.06. The van der Waals surface area contributed by atoms with Gasteiger partial charge in [0.1, 0.15) is 5.69 Å². The third-order valence-electron chi connectivity index (χ3n) is 2.46. The number of pyridine rings is 1. The first kappa shape index (κ1) is 13.0. The molecule has 0 aromatic carbocycles. The van der Waals surface area contributed by atoms with Gasteiger partial charge in [0.25, 0.3) is 5.91 Å². The third kappa shape index (κ3) is 3.52. The second kappa shape index (κ2) is 5.96. The number of aromatic nitrogens is 3. The van der Waals surface area contributed by atoms with Crippen LogP contribution in [0.15, 0.2) is 30.7 Å². The van der Waals surface area contributed by atoms with Crippen molar-refractivity contribution in [2.24, 2.45) is 5.73 Å². The summed E-state index contributed by atoms with van der Waals surface area (Å²) in [5.74, 6) is -0.556. The molecule has 7 nitrogen and oxygen atoms in total. The van der Waals surface area contributed by atoms with Crippen LogP contribution in [-0.4, -0.2) is 34.4 Å². The minimum Gasteiger partial charge on any atom is -0.383 e. The first-order chi connectivity index (χ1) is 9.19. The minimum atomic E-state index is -0.556. The topological polar surface area (TPSA) is 95.1 Å². The van der Waals surface area contributed by atoms with E-state index in [-0.39, 0.29) is 5.69 Å². The molecule has 2 heterocycles. The van der Waals surface area contributed by atoms with Gasteiger partial charge in [0.05, 0.1) is 25.0 Å². The number of carbonyl (C=O) groups is 1. The third-order valence-corrected chi connectivity index (χ3v) is 2.46. The molecule has 0 saturated carbocycles. The first-order valence-corrected chi connectivity index (χ1v) is 5.73. The molecule has 2 rings (SSSR count). The van der Waals surface area contributed by atoms with Crippen molar-refractivity contribution in [3.8, 4) is 0 Å². The van der Waals surface area contributed by atoms with Crippen LogP contribution in [0.3, 0.4) is 0 Å². The number of ether oxygens (including phenoxy) is 1. The van der Waals surface area contributed by atoms with E-state index in [1.165, 1.54) is 6.20 Å². The van der Waals surface area contributed by atoms with Crippen LogP contribution in [0, 0.1) is 0 Å². The van der Waals surface area contributed by atoms with Gasteiger partial charge in [-0.1, -0.05) is 0 Å². The molecule has 0 aliphatic rings. The molecule has 100 valence electrons. The lowest BCUT2D eigenvalue weighted by atomic mass is 10.3. The summed E-state index contributed by atoms with van der Waals surface area (Å²) in [5, 5.41) is 7.30. The first-order valence-electron chi connectivity index (χ1n) is 5.73. The Morgan fingerprint density at radius 1 is 1.53 bits per heavy atom. The highest BCUT2D eigenvalue weighted by Crippen LogP contribution is 2.15. The number of anilines is 2. The van der Waals surface area contributed by atoms with Crippen molar-refractivity contribution in [1.29, 1.82) is 0 Å². The average molecular weight is 261 g/mol. The van der Waals surface area contributed by atoms with Crippen molar-refractivity contribution in [3.05, 3.63) is 36.4 Å². The van der Waals surface area contributed by atoms with Gasteiger partial charge in [0, 0.05) is 25.2 Å². The summed E-state index contributed by atoms with van der Waals surface area (Å²) in [6.07, 6.45) is 5.07. The van der Waals surface area contributed by atoms with E-state index in [0.29, 0.717) is 13.2 Å². The van der Waals surface area contributed by atoms with Crippen LogP contribution in [-0.2, 0) is 11.3 Å². The summed E-state index contributed by atoms with van der Waals surface area (Å²) in [5.41, 5.74) is 6.94. The number of amides is 1. The highest BCUT2D eigenvalue weighted by atomic mass is 16.5. The number of methoxy groups -OCH3 is 1. The van der Waals surface area contributed by atoms with E-state index in [9.17, 15) is 4.79 Å². The molecule has 0 atom stereocenters. The SMILES string of the molecule is COCCn1cc(Nc2ccnc(C(N)=O)c2)cn1. The van der Waals surface area contributed by atoms with Gasteiger partial charge >= 0.3 is 0 Å². The highest BCUT2D eigenvalue weighted by molar-refractivity contribution is 5.91. The molecule has 7 heteroatoms. The fourth-order valence-electron chi connectivity index (χ4n) is 1.54. The zero-order valence-electron chi connectivity index (χ0n) is 10.5. The lowest BCUT2D eigenvalue weighted by molar-refractivity contribution is 0.0995. The number of carbonyl (C=O) groups excluding carboxylic acids is 1.